The van der Waals surface area contributed by atoms with Gasteiger partial charge >= 0.3 is 0 Å². The molecule has 0 spiro atoms. The van der Waals surface area contributed by atoms with Crippen LogP contribution in [0, 0.1) is 11.7 Å². The number of hydrogen-bond donors (Lipinski definition) is 1. The van der Waals surface area contributed by atoms with E-state index in [-0.39, 0.29) is 17.6 Å². The molecule has 1 aliphatic carbocycles. The van der Waals surface area contributed by atoms with Gasteiger partial charge in [-0.3, -0.25) is 9.69 Å². The molecule has 0 bridgehead atoms. The number of piperidine rings is 1. The standard InChI is InChI=1S/C21H29FN2O/c22-20-8-6-18(7-9-20)16-24-14-11-19(12-15-24)21(25)23-13-10-17-4-2-1-3-5-17/h4,6-9,19H,1-3,5,10-16H2,(H,23,25). The molecular weight excluding hydrogens is 315 g/mol. The summed E-state index contributed by atoms with van der Waals surface area (Å²) in [5, 5.41) is 3.13. The van der Waals surface area contributed by atoms with Gasteiger partial charge in [0.1, 0.15) is 5.82 Å². The van der Waals surface area contributed by atoms with Crippen molar-refractivity contribution in [1.29, 1.82) is 0 Å². The van der Waals surface area contributed by atoms with Gasteiger partial charge in [0.05, 0.1) is 0 Å². The predicted molar refractivity (Wildman–Crippen MR) is 98.6 cm³/mol. The number of amides is 1. The Kier molecular flexibility index (Phi) is 6.62. The van der Waals surface area contributed by atoms with Crippen LogP contribution in [0.2, 0.25) is 0 Å². The lowest BCUT2D eigenvalue weighted by atomic mass is 9.95. The molecule has 0 unspecified atom stereocenters. The zero-order chi connectivity index (χ0) is 17.5. The highest BCUT2D eigenvalue weighted by atomic mass is 19.1. The van der Waals surface area contributed by atoms with Crippen molar-refractivity contribution in [2.45, 2.75) is 51.5 Å². The molecule has 3 rings (SSSR count). The number of rotatable bonds is 6. The third-order valence-electron chi connectivity index (χ3n) is 5.41. The monoisotopic (exact) mass is 344 g/mol. The van der Waals surface area contributed by atoms with Crippen molar-refractivity contribution in [2.24, 2.45) is 5.92 Å². The number of carbonyl (C=O) groups is 1. The van der Waals surface area contributed by atoms with Crippen LogP contribution in [-0.2, 0) is 11.3 Å². The molecule has 1 N–H and O–H groups in total. The molecule has 0 saturated carbocycles. The van der Waals surface area contributed by atoms with Gasteiger partial charge in [-0.1, -0.05) is 23.8 Å². The minimum Gasteiger partial charge on any atom is -0.356 e. The maximum atomic E-state index is 13.0. The molecule has 2 aliphatic rings. The predicted octanol–water partition coefficient (Wildman–Crippen LogP) is 4.04. The molecule has 136 valence electrons. The summed E-state index contributed by atoms with van der Waals surface area (Å²) in [7, 11) is 0. The zero-order valence-electron chi connectivity index (χ0n) is 15.0. The number of hydrogen-bond acceptors (Lipinski definition) is 2. The summed E-state index contributed by atoms with van der Waals surface area (Å²) in [5.74, 6) is 0.172. The summed E-state index contributed by atoms with van der Waals surface area (Å²) in [6.45, 7) is 3.48. The van der Waals surface area contributed by atoms with Crippen LogP contribution < -0.4 is 5.32 Å². The van der Waals surface area contributed by atoms with E-state index in [0.29, 0.717) is 0 Å². The van der Waals surface area contributed by atoms with E-state index in [9.17, 15) is 9.18 Å². The van der Waals surface area contributed by atoms with Gasteiger partial charge in [0.15, 0.2) is 0 Å². The second-order valence-electron chi connectivity index (χ2n) is 7.33. The number of benzene rings is 1. The Morgan fingerprint density at radius 3 is 2.60 bits per heavy atom. The van der Waals surface area contributed by atoms with Gasteiger partial charge in [0.25, 0.3) is 0 Å². The summed E-state index contributed by atoms with van der Waals surface area (Å²) in [6.07, 6.45) is 10.2. The Bertz CT molecular complexity index is 588. The summed E-state index contributed by atoms with van der Waals surface area (Å²) >= 11 is 0. The van der Waals surface area contributed by atoms with Crippen LogP contribution >= 0.6 is 0 Å². The van der Waals surface area contributed by atoms with E-state index >= 15 is 0 Å². The van der Waals surface area contributed by atoms with E-state index in [2.05, 4.69) is 16.3 Å². The average Bonchev–Trinajstić information content (AvgIpc) is 2.65. The van der Waals surface area contributed by atoms with Crippen LogP contribution in [0.25, 0.3) is 0 Å². The lowest BCUT2D eigenvalue weighted by Gasteiger charge is -2.31. The van der Waals surface area contributed by atoms with Crippen LogP contribution in [0.5, 0.6) is 0 Å². The van der Waals surface area contributed by atoms with Crippen molar-refractivity contribution < 1.29 is 9.18 Å². The molecular formula is C21H29FN2O. The topological polar surface area (TPSA) is 32.3 Å². The lowest BCUT2D eigenvalue weighted by molar-refractivity contribution is -0.126. The van der Waals surface area contributed by atoms with Crippen molar-refractivity contribution in [3.63, 3.8) is 0 Å². The van der Waals surface area contributed by atoms with E-state index < -0.39 is 0 Å². The normalized spacial score (nSPS) is 19.5. The number of nitrogens with zero attached hydrogens (tertiary/aromatic N) is 1. The largest absolute Gasteiger partial charge is 0.356 e. The Labute approximate surface area is 150 Å². The Balaban J connectivity index is 1.35. The summed E-state index contributed by atoms with van der Waals surface area (Å²) in [5.41, 5.74) is 2.64. The molecule has 1 fully saturated rings. The van der Waals surface area contributed by atoms with E-state index in [1.165, 1.54) is 43.4 Å². The van der Waals surface area contributed by atoms with Crippen molar-refractivity contribution in [2.75, 3.05) is 19.6 Å². The first kappa shape index (κ1) is 18.1. The minimum absolute atomic E-state index is 0.143. The Morgan fingerprint density at radius 1 is 1.16 bits per heavy atom. The second kappa shape index (κ2) is 9.14. The van der Waals surface area contributed by atoms with Gasteiger partial charge in [-0.2, -0.15) is 0 Å². The van der Waals surface area contributed by atoms with Crippen LogP contribution in [-0.4, -0.2) is 30.4 Å². The fraction of sp³-hybridized carbons (Fsp3) is 0.571. The van der Waals surface area contributed by atoms with E-state index in [0.717, 1.165) is 51.0 Å². The van der Waals surface area contributed by atoms with Crippen molar-refractivity contribution in [1.82, 2.24) is 10.2 Å². The first-order valence-corrected chi connectivity index (χ1v) is 9.63. The summed E-state index contributed by atoms with van der Waals surface area (Å²) in [4.78, 5) is 14.7. The molecule has 0 atom stereocenters. The van der Waals surface area contributed by atoms with Crippen molar-refractivity contribution >= 4 is 5.91 Å². The molecule has 0 aromatic heterocycles. The smallest absolute Gasteiger partial charge is 0.223 e. The number of carbonyl (C=O) groups excluding carboxylic acids is 1. The van der Waals surface area contributed by atoms with Crippen molar-refractivity contribution in [3.8, 4) is 0 Å². The summed E-state index contributed by atoms with van der Waals surface area (Å²) in [6, 6.07) is 6.71. The third kappa shape index (κ3) is 5.67. The average molecular weight is 344 g/mol. The molecule has 0 radical (unpaired) electrons. The third-order valence-corrected chi connectivity index (χ3v) is 5.41. The molecule has 1 aromatic rings. The maximum Gasteiger partial charge on any atom is 0.223 e. The molecule has 1 heterocycles. The number of nitrogens with one attached hydrogen (secondary N) is 1. The highest BCUT2D eigenvalue weighted by molar-refractivity contribution is 5.78. The minimum atomic E-state index is -0.192. The molecule has 1 aliphatic heterocycles. The van der Waals surface area contributed by atoms with Crippen LogP contribution in [0.15, 0.2) is 35.9 Å². The van der Waals surface area contributed by atoms with E-state index in [1.807, 2.05) is 12.1 Å². The zero-order valence-corrected chi connectivity index (χ0v) is 15.0. The van der Waals surface area contributed by atoms with Gasteiger partial charge in [-0.15, -0.1) is 0 Å². The number of halogens is 1. The SMILES string of the molecule is O=C(NCCC1=CCCCC1)C1CCN(Cc2ccc(F)cc2)CC1. The fourth-order valence-electron chi connectivity index (χ4n) is 3.82. The van der Waals surface area contributed by atoms with E-state index in [4.69, 9.17) is 0 Å². The molecule has 1 saturated heterocycles. The highest BCUT2D eigenvalue weighted by Gasteiger charge is 2.24. The first-order chi connectivity index (χ1) is 12.2. The first-order valence-electron chi connectivity index (χ1n) is 9.63. The molecule has 1 amide bonds. The lowest BCUT2D eigenvalue weighted by Crippen LogP contribution is -2.40. The number of likely N-dealkylation sites (tertiary alicyclic amines) is 1. The highest BCUT2D eigenvalue weighted by Crippen LogP contribution is 2.21. The van der Waals surface area contributed by atoms with Crippen LogP contribution in [0.1, 0.15) is 50.5 Å². The quantitative estimate of drug-likeness (QED) is 0.790. The maximum absolute atomic E-state index is 13.0. The van der Waals surface area contributed by atoms with Gasteiger partial charge in [-0.25, -0.2) is 4.39 Å². The van der Waals surface area contributed by atoms with Gasteiger partial charge < -0.3 is 5.32 Å². The van der Waals surface area contributed by atoms with Gasteiger partial charge in [0.2, 0.25) is 5.91 Å². The van der Waals surface area contributed by atoms with Gasteiger partial charge in [-0.05, 0) is 75.7 Å². The Hall–Kier alpha value is -1.68. The fourth-order valence-corrected chi connectivity index (χ4v) is 3.82. The van der Waals surface area contributed by atoms with Gasteiger partial charge in [0, 0.05) is 19.0 Å². The summed E-state index contributed by atoms with van der Waals surface area (Å²) < 4.78 is 13.0. The van der Waals surface area contributed by atoms with Crippen LogP contribution in [0.4, 0.5) is 4.39 Å². The van der Waals surface area contributed by atoms with Crippen LogP contribution in [0.3, 0.4) is 0 Å². The second-order valence-corrected chi connectivity index (χ2v) is 7.33. The molecule has 25 heavy (non-hydrogen) atoms. The molecule has 3 nitrogen and oxygen atoms in total. The molecule has 1 aromatic carbocycles. The Morgan fingerprint density at radius 2 is 1.92 bits per heavy atom. The van der Waals surface area contributed by atoms with Crippen molar-refractivity contribution in [3.05, 3.63) is 47.3 Å². The molecule has 4 heteroatoms. The van der Waals surface area contributed by atoms with E-state index in [1.54, 1.807) is 0 Å². The number of allylic oxidation sites excluding steroid dienone is 1.